The van der Waals surface area contributed by atoms with Gasteiger partial charge in [0.25, 0.3) is 5.91 Å². The summed E-state index contributed by atoms with van der Waals surface area (Å²) in [4.78, 5) is 29.4. The first-order chi connectivity index (χ1) is 9.10. The fraction of sp³-hybridized carbons (Fsp3) is 0.182. The van der Waals surface area contributed by atoms with Crippen molar-refractivity contribution in [2.24, 2.45) is 0 Å². The number of halogens is 1. The van der Waals surface area contributed by atoms with Crippen LogP contribution in [0.5, 0.6) is 0 Å². The van der Waals surface area contributed by atoms with Crippen molar-refractivity contribution >= 4 is 34.7 Å². The molecule has 0 bridgehead atoms. The number of nitrogens with one attached hydrogen (secondary N) is 3. The summed E-state index contributed by atoms with van der Waals surface area (Å²) < 4.78 is 0. The van der Waals surface area contributed by atoms with E-state index in [9.17, 15) is 9.59 Å². The summed E-state index contributed by atoms with van der Waals surface area (Å²) in [6, 6.07) is 1.56. The van der Waals surface area contributed by atoms with Gasteiger partial charge in [0.2, 0.25) is 0 Å². The van der Waals surface area contributed by atoms with Crippen LogP contribution >= 0.6 is 22.9 Å². The van der Waals surface area contributed by atoms with Gasteiger partial charge in [-0.25, -0.2) is 4.98 Å². The number of hydrogen-bond acceptors (Lipinski definition) is 5. The molecular weight excluding hydrogens is 288 g/mol. The topological polar surface area (TPSA) is 86.9 Å². The van der Waals surface area contributed by atoms with Crippen LogP contribution in [0.2, 0.25) is 5.02 Å². The van der Waals surface area contributed by atoms with Crippen molar-refractivity contribution in [3.05, 3.63) is 43.6 Å². The zero-order valence-electron chi connectivity index (χ0n) is 9.99. The SMILES string of the molecule is CNc1cc(C(=O)NCc2csc(=O)[nH]2)c(Cl)cn1. The minimum absolute atomic E-state index is 0.149. The molecule has 3 N–H and O–H groups in total. The van der Waals surface area contributed by atoms with Gasteiger partial charge in [-0.2, -0.15) is 0 Å². The Balaban J connectivity index is 2.09. The summed E-state index contributed by atoms with van der Waals surface area (Å²) in [6.45, 7) is 0.241. The van der Waals surface area contributed by atoms with Gasteiger partial charge in [-0.1, -0.05) is 22.9 Å². The number of H-pyrrole nitrogens is 1. The Morgan fingerprint density at radius 2 is 2.37 bits per heavy atom. The normalized spacial score (nSPS) is 10.2. The van der Waals surface area contributed by atoms with E-state index in [1.807, 2.05) is 0 Å². The van der Waals surface area contributed by atoms with E-state index >= 15 is 0 Å². The van der Waals surface area contributed by atoms with E-state index in [1.165, 1.54) is 6.20 Å². The average molecular weight is 299 g/mol. The van der Waals surface area contributed by atoms with E-state index in [0.29, 0.717) is 17.1 Å². The molecule has 0 unspecified atom stereocenters. The summed E-state index contributed by atoms with van der Waals surface area (Å²) in [5, 5.41) is 7.45. The molecule has 2 aromatic rings. The van der Waals surface area contributed by atoms with Gasteiger partial charge in [-0.3, -0.25) is 9.59 Å². The molecule has 0 atom stereocenters. The van der Waals surface area contributed by atoms with E-state index in [0.717, 1.165) is 11.3 Å². The number of pyridine rings is 1. The van der Waals surface area contributed by atoms with E-state index < -0.39 is 0 Å². The highest BCUT2D eigenvalue weighted by molar-refractivity contribution is 7.07. The number of amides is 1. The van der Waals surface area contributed by atoms with Crippen LogP contribution in [0.15, 0.2) is 22.4 Å². The van der Waals surface area contributed by atoms with Crippen LogP contribution in [0.25, 0.3) is 0 Å². The molecule has 0 fully saturated rings. The molecule has 0 aliphatic carbocycles. The summed E-state index contributed by atoms with van der Waals surface area (Å²) >= 11 is 6.98. The Morgan fingerprint density at radius 1 is 1.58 bits per heavy atom. The molecule has 0 aliphatic heterocycles. The van der Waals surface area contributed by atoms with Gasteiger partial charge < -0.3 is 15.6 Å². The molecule has 0 radical (unpaired) electrons. The molecule has 1 amide bonds. The molecule has 0 saturated heterocycles. The number of anilines is 1. The maximum atomic E-state index is 12.0. The zero-order chi connectivity index (χ0) is 13.8. The van der Waals surface area contributed by atoms with Gasteiger partial charge in [0.1, 0.15) is 5.82 Å². The van der Waals surface area contributed by atoms with Gasteiger partial charge in [0, 0.05) is 24.3 Å². The predicted octanol–water partition coefficient (Wildman–Crippen LogP) is 1.46. The maximum absolute atomic E-state index is 12.0. The van der Waals surface area contributed by atoms with Crippen molar-refractivity contribution in [3.63, 3.8) is 0 Å². The van der Waals surface area contributed by atoms with Crippen molar-refractivity contribution < 1.29 is 4.79 Å². The third-order valence-corrected chi connectivity index (χ3v) is 3.39. The first-order valence-corrected chi connectivity index (χ1v) is 6.64. The lowest BCUT2D eigenvalue weighted by molar-refractivity contribution is 0.0950. The summed E-state index contributed by atoms with van der Waals surface area (Å²) in [6.07, 6.45) is 1.41. The molecule has 19 heavy (non-hydrogen) atoms. The standard InChI is InChI=1S/C11H11ClN4O2S/c1-13-9-2-7(8(12)4-14-9)10(17)15-3-6-5-19-11(18)16-6/h2,4-5H,3H2,1H3,(H,13,14)(H,15,17)(H,16,18). The Kier molecular flexibility index (Phi) is 4.18. The molecular formula is C11H11ClN4O2S. The van der Waals surface area contributed by atoms with Crippen LogP contribution in [-0.2, 0) is 6.54 Å². The zero-order valence-corrected chi connectivity index (χ0v) is 11.6. The third kappa shape index (κ3) is 3.33. The van der Waals surface area contributed by atoms with Crippen LogP contribution in [-0.4, -0.2) is 22.9 Å². The number of carbonyl (C=O) groups is 1. The highest BCUT2D eigenvalue weighted by Gasteiger charge is 2.12. The largest absolute Gasteiger partial charge is 0.373 e. The Morgan fingerprint density at radius 3 is 3.00 bits per heavy atom. The second kappa shape index (κ2) is 5.85. The van der Waals surface area contributed by atoms with Crippen LogP contribution in [0.3, 0.4) is 0 Å². The second-order valence-corrected chi connectivity index (χ2v) is 4.90. The summed E-state index contributed by atoms with van der Waals surface area (Å²) in [7, 11) is 1.70. The van der Waals surface area contributed by atoms with E-state index in [1.54, 1.807) is 18.5 Å². The van der Waals surface area contributed by atoms with Crippen molar-refractivity contribution in [2.45, 2.75) is 6.54 Å². The molecule has 6 nitrogen and oxygen atoms in total. The number of thiazole rings is 1. The molecule has 0 spiro atoms. The van der Waals surface area contributed by atoms with Crippen molar-refractivity contribution in [1.29, 1.82) is 0 Å². The second-order valence-electron chi connectivity index (χ2n) is 3.66. The van der Waals surface area contributed by atoms with Gasteiger partial charge >= 0.3 is 4.87 Å². The highest BCUT2D eigenvalue weighted by Crippen LogP contribution is 2.17. The van der Waals surface area contributed by atoms with E-state index in [-0.39, 0.29) is 22.3 Å². The first-order valence-electron chi connectivity index (χ1n) is 5.38. The molecule has 0 aliphatic rings. The summed E-state index contributed by atoms with van der Waals surface area (Å²) in [5.41, 5.74) is 0.987. The van der Waals surface area contributed by atoms with Gasteiger partial charge in [-0.15, -0.1) is 0 Å². The fourth-order valence-corrected chi connectivity index (χ4v) is 2.19. The van der Waals surface area contributed by atoms with Crippen molar-refractivity contribution in [3.8, 4) is 0 Å². The predicted molar refractivity (Wildman–Crippen MR) is 74.9 cm³/mol. The van der Waals surface area contributed by atoms with E-state index in [2.05, 4.69) is 20.6 Å². The van der Waals surface area contributed by atoms with Crippen LogP contribution in [0.1, 0.15) is 16.1 Å². The Labute approximate surface area is 117 Å². The van der Waals surface area contributed by atoms with Gasteiger partial charge in [0.15, 0.2) is 0 Å². The lowest BCUT2D eigenvalue weighted by atomic mass is 10.2. The third-order valence-electron chi connectivity index (χ3n) is 2.37. The van der Waals surface area contributed by atoms with E-state index in [4.69, 9.17) is 11.6 Å². The van der Waals surface area contributed by atoms with Crippen LogP contribution in [0.4, 0.5) is 5.82 Å². The van der Waals surface area contributed by atoms with Crippen LogP contribution < -0.4 is 15.5 Å². The van der Waals surface area contributed by atoms with Crippen LogP contribution in [0, 0.1) is 0 Å². The Hall–Kier alpha value is -1.86. The lowest BCUT2D eigenvalue weighted by Crippen LogP contribution is -2.23. The number of hydrogen-bond donors (Lipinski definition) is 3. The van der Waals surface area contributed by atoms with Crippen molar-refractivity contribution in [2.75, 3.05) is 12.4 Å². The maximum Gasteiger partial charge on any atom is 0.304 e. The number of carbonyl (C=O) groups excluding carboxylic acids is 1. The lowest BCUT2D eigenvalue weighted by Gasteiger charge is -2.07. The quantitative estimate of drug-likeness (QED) is 0.797. The monoisotopic (exact) mass is 298 g/mol. The molecule has 0 saturated carbocycles. The number of rotatable bonds is 4. The molecule has 100 valence electrons. The molecule has 0 aromatic carbocycles. The average Bonchev–Trinajstić information content (AvgIpc) is 2.82. The number of aromatic amines is 1. The molecule has 8 heteroatoms. The van der Waals surface area contributed by atoms with Gasteiger partial charge in [-0.05, 0) is 6.07 Å². The smallest absolute Gasteiger partial charge is 0.304 e. The van der Waals surface area contributed by atoms with Gasteiger partial charge in [0.05, 0.1) is 17.1 Å². The highest BCUT2D eigenvalue weighted by atomic mass is 35.5. The Bertz CT molecular complexity index is 652. The van der Waals surface area contributed by atoms with Crippen molar-refractivity contribution in [1.82, 2.24) is 15.3 Å². The summed E-state index contributed by atoms with van der Waals surface area (Å²) in [5.74, 6) is 0.231. The first kappa shape index (κ1) is 13.6. The molecule has 2 heterocycles. The number of nitrogens with zero attached hydrogens (tertiary/aromatic N) is 1. The molecule has 2 rings (SSSR count). The minimum Gasteiger partial charge on any atom is -0.373 e. The number of aromatic nitrogens is 2. The minimum atomic E-state index is -0.323. The molecule has 2 aromatic heterocycles. The fourth-order valence-electron chi connectivity index (χ4n) is 1.42.